The highest BCUT2D eigenvalue weighted by Crippen LogP contribution is 2.34. The molecule has 2 fully saturated rings. The van der Waals surface area contributed by atoms with Crippen molar-refractivity contribution in [2.24, 2.45) is 10.6 Å². The van der Waals surface area contributed by atoms with Gasteiger partial charge in [-0.15, -0.1) is 12.4 Å². The number of carboxylic acid groups (broad SMARTS) is 1. The van der Waals surface area contributed by atoms with Gasteiger partial charge in [0.2, 0.25) is 0 Å². The molecule has 3 rings (SSSR count). The number of amidine groups is 1. The summed E-state index contributed by atoms with van der Waals surface area (Å²) in [6.07, 6.45) is 2.20. The van der Waals surface area contributed by atoms with E-state index in [-0.39, 0.29) is 18.0 Å². The summed E-state index contributed by atoms with van der Waals surface area (Å²) in [5, 5.41) is 16.6. The van der Waals surface area contributed by atoms with E-state index in [1.54, 1.807) is 0 Å². The van der Waals surface area contributed by atoms with Crippen LogP contribution in [0.2, 0.25) is 0 Å². The minimum Gasteiger partial charge on any atom is -0.481 e. The Morgan fingerprint density at radius 1 is 1.42 bits per heavy atom. The van der Waals surface area contributed by atoms with Crippen molar-refractivity contribution in [3.63, 3.8) is 0 Å². The Bertz CT molecular complexity index is 401. The molecule has 6 nitrogen and oxygen atoms in total. The fraction of sp³-hybridized carbons (Fsp3) is 0.833. The number of likely N-dealkylation sites (tertiary alicyclic amines) is 1. The molecule has 0 aromatic carbocycles. The van der Waals surface area contributed by atoms with E-state index in [0.29, 0.717) is 12.8 Å². The molecule has 3 aliphatic heterocycles. The molecule has 3 heterocycles. The molecule has 2 saturated heterocycles. The molecule has 7 heteroatoms. The second-order valence-corrected chi connectivity index (χ2v) is 5.92. The van der Waals surface area contributed by atoms with Gasteiger partial charge in [-0.25, -0.2) is 0 Å². The van der Waals surface area contributed by atoms with Crippen molar-refractivity contribution in [3.8, 4) is 0 Å². The highest BCUT2D eigenvalue weighted by molar-refractivity contribution is 5.85. The number of nitrogens with one attached hydrogen (secondary N) is 1. The molecule has 0 amide bonds. The summed E-state index contributed by atoms with van der Waals surface area (Å²) in [6, 6.07) is 0. The Hall–Kier alpha value is -1.01. The van der Waals surface area contributed by atoms with Crippen LogP contribution in [-0.4, -0.2) is 53.6 Å². The van der Waals surface area contributed by atoms with Crippen LogP contribution in [0, 0.1) is 5.41 Å². The molecule has 0 aromatic heterocycles. The molecule has 0 atom stereocenters. The zero-order valence-electron chi connectivity index (χ0n) is 11.0. The average Bonchev–Trinajstić information content (AvgIpc) is 2.75. The van der Waals surface area contributed by atoms with Crippen molar-refractivity contribution < 1.29 is 14.7 Å². The number of hydrogen-bond donors (Lipinski definition) is 2. The zero-order valence-corrected chi connectivity index (χ0v) is 11.8. The number of halogens is 1. The number of aliphatic carboxylic acids is 1. The summed E-state index contributed by atoms with van der Waals surface area (Å²) in [7, 11) is 0. The van der Waals surface area contributed by atoms with Crippen LogP contribution in [0.1, 0.15) is 26.2 Å². The van der Waals surface area contributed by atoms with Crippen LogP contribution in [0.3, 0.4) is 0 Å². The van der Waals surface area contributed by atoms with Gasteiger partial charge in [-0.05, 0) is 19.8 Å². The van der Waals surface area contributed by atoms with E-state index < -0.39 is 11.4 Å². The summed E-state index contributed by atoms with van der Waals surface area (Å²) >= 11 is 0. The van der Waals surface area contributed by atoms with Crippen LogP contribution in [0.15, 0.2) is 5.16 Å². The first-order valence-corrected chi connectivity index (χ1v) is 6.47. The highest BCUT2D eigenvalue weighted by Gasteiger charge is 2.47. The summed E-state index contributed by atoms with van der Waals surface area (Å²) < 4.78 is 0. The van der Waals surface area contributed by atoms with Gasteiger partial charge in [0.15, 0.2) is 5.60 Å². The maximum atomic E-state index is 11.2. The summed E-state index contributed by atoms with van der Waals surface area (Å²) in [4.78, 5) is 18.9. The largest absolute Gasteiger partial charge is 0.481 e. The van der Waals surface area contributed by atoms with Gasteiger partial charge < -0.3 is 20.2 Å². The number of oxime groups is 1. The lowest BCUT2D eigenvalue weighted by Gasteiger charge is -2.39. The number of carboxylic acids is 1. The minimum absolute atomic E-state index is 0. The van der Waals surface area contributed by atoms with Crippen molar-refractivity contribution in [2.45, 2.75) is 31.8 Å². The fourth-order valence-electron chi connectivity index (χ4n) is 2.74. The molecule has 1 spiro atoms. The molecule has 0 radical (unpaired) electrons. The Morgan fingerprint density at radius 2 is 2.05 bits per heavy atom. The molecular weight excluding hydrogens is 270 g/mol. The maximum absolute atomic E-state index is 11.2. The van der Waals surface area contributed by atoms with Gasteiger partial charge in [0, 0.05) is 26.2 Å². The number of hydrogen-bond acceptors (Lipinski definition) is 5. The normalized spacial score (nSPS) is 27.0. The average molecular weight is 290 g/mol. The first kappa shape index (κ1) is 14.4. The Morgan fingerprint density at radius 3 is 2.47 bits per heavy atom. The number of carbonyl (C=O) groups is 1. The molecule has 0 saturated carbocycles. The van der Waals surface area contributed by atoms with Gasteiger partial charge in [-0.1, -0.05) is 5.16 Å². The first-order valence-electron chi connectivity index (χ1n) is 6.47. The topological polar surface area (TPSA) is 74.2 Å². The Labute approximate surface area is 118 Å². The lowest BCUT2D eigenvalue weighted by molar-refractivity contribution is -0.150. The van der Waals surface area contributed by atoms with Crippen LogP contribution in [-0.2, 0) is 9.63 Å². The summed E-state index contributed by atoms with van der Waals surface area (Å²) in [6.45, 7) is 5.07. The van der Waals surface area contributed by atoms with Gasteiger partial charge >= 0.3 is 5.97 Å². The molecule has 19 heavy (non-hydrogen) atoms. The predicted octanol–water partition coefficient (Wildman–Crippen LogP) is 0.671. The monoisotopic (exact) mass is 289 g/mol. The summed E-state index contributed by atoms with van der Waals surface area (Å²) in [5.74, 6) is 0.301. The van der Waals surface area contributed by atoms with Crippen LogP contribution in [0.25, 0.3) is 0 Å². The second kappa shape index (κ2) is 4.83. The first-order chi connectivity index (χ1) is 8.53. The van der Waals surface area contributed by atoms with Crippen molar-refractivity contribution in [1.29, 1.82) is 0 Å². The molecular formula is C12H20ClN3O3. The molecule has 108 valence electrons. The van der Waals surface area contributed by atoms with Gasteiger partial charge in [-0.2, -0.15) is 0 Å². The Kier molecular flexibility index (Phi) is 3.66. The second-order valence-electron chi connectivity index (χ2n) is 5.92. The van der Waals surface area contributed by atoms with E-state index >= 15 is 0 Å². The van der Waals surface area contributed by atoms with Crippen molar-refractivity contribution in [1.82, 2.24) is 10.2 Å². The van der Waals surface area contributed by atoms with Crippen molar-refractivity contribution in [2.75, 3.05) is 26.2 Å². The van der Waals surface area contributed by atoms with E-state index in [2.05, 4.69) is 15.4 Å². The van der Waals surface area contributed by atoms with Crippen LogP contribution in [0.4, 0.5) is 0 Å². The molecule has 0 aliphatic carbocycles. The highest BCUT2D eigenvalue weighted by atomic mass is 35.5. The van der Waals surface area contributed by atoms with Crippen molar-refractivity contribution >= 4 is 24.2 Å². The Balaban J connectivity index is 0.00000133. The lowest BCUT2D eigenvalue weighted by Crippen LogP contribution is -2.60. The zero-order chi connectivity index (χ0) is 12.8. The molecule has 3 aliphatic rings. The molecule has 0 unspecified atom stereocenters. The predicted molar refractivity (Wildman–Crippen MR) is 72.5 cm³/mol. The number of piperidine rings is 1. The standard InChI is InChI=1S/C12H19N3O3.ClH/c1-11(10(16)17)2-4-15(5-3-11)9-6-12(18-14-9)7-13-8-12;/h13H,2-8H2,1H3,(H,16,17);1H. The van der Waals surface area contributed by atoms with Gasteiger partial charge in [-0.3, -0.25) is 4.79 Å². The lowest BCUT2D eigenvalue weighted by atomic mass is 9.80. The summed E-state index contributed by atoms with van der Waals surface area (Å²) in [5.41, 5.74) is -0.685. The molecule has 0 aromatic rings. The van der Waals surface area contributed by atoms with Gasteiger partial charge in [0.25, 0.3) is 0 Å². The number of nitrogens with zero attached hydrogens (tertiary/aromatic N) is 2. The maximum Gasteiger partial charge on any atom is 0.309 e. The molecule has 2 N–H and O–H groups in total. The minimum atomic E-state index is -0.688. The number of rotatable bonds is 1. The van der Waals surface area contributed by atoms with E-state index in [0.717, 1.165) is 38.4 Å². The van der Waals surface area contributed by atoms with E-state index in [1.807, 2.05) is 6.92 Å². The van der Waals surface area contributed by atoms with E-state index in [9.17, 15) is 9.90 Å². The van der Waals surface area contributed by atoms with Crippen LogP contribution >= 0.6 is 12.4 Å². The molecule has 0 bridgehead atoms. The van der Waals surface area contributed by atoms with Gasteiger partial charge in [0.05, 0.1) is 11.8 Å². The van der Waals surface area contributed by atoms with Crippen LogP contribution in [0.5, 0.6) is 0 Å². The third-order valence-corrected chi connectivity index (χ3v) is 4.47. The third-order valence-electron chi connectivity index (χ3n) is 4.47. The fourth-order valence-corrected chi connectivity index (χ4v) is 2.74. The van der Waals surface area contributed by atoms with Crippen LogP contribution < -0.4 is 5.32 Å². The van der Waals surface area contributed by atoms with E-state index in [1.165, 1.54) is 0 Å². The van der Waals surface area contributed by atoms with E-state index in [4.69, 9.17) is 4.84 Å². The van der Waals surface area contributed by atoms with Gasteiger partial charge in [0.1, 0.15) is 5.84 Å². The smallest absolute Gasteiger partial charge is 0.309 e. The van der Waals surface area contributed by atoms with Crippen molar-refractivity contribution in [3.05, 3.63) is 0 Å². The third kappa shape index (κ3) is 2.39. The quantitative estimate of drug-likeness (QED) is 0.742. The SMILES string of the molecule is CC1(C(=O)O)CCN(C2=NOC3(CNC3)C2)CC1.Cl.